The molecule has 10 heteroatoms. The molecule has 0 saturated carbocycles. The number of benzene rings is 2. The number of carbonyl (C=O) groups excluding carboxylic acids is 1. The molecule has 0 aromatic heterocycles. The Kier molecular flexibility index (Phi) is 5.13. The van der Waals surface area contributed by atoms with Crippen LogP contribution >= 0.6 is 0 Å². The summed E-state index contributed by atoms with van der Waals surface area (Å²) in [5, 5.41) is 0. The summed E-state index contributed by atoms with van der Waals surface area (Å²) in [6, 6.07) is 10.0. The fourth-order valence-electron chi connectivity index (χ4n) is 4.01. The van der Waals surface area contributed by atoms with Crippen molar-refractivity contribution >= 4 is 21.6 Å². The molecule has 0 aliphatic carbocycles. The quantitative estimate of drug-likeness (QED) is 0.744. The SMILES string of the molecule is CC1(C)Oc2ccc(C(F)(F)F)cc2C(N2Cc3ccccc3C2=O)=C1CNS(C)(=O)=O. The van der Waals surface area contributed by atoms with E-state index in [1.807, 2.05) is 0 Å². The maximum Gasteiger partial charge on any atom is 0.416 e. The highest BCUT2D eigenvalue weighted by molar-refractivity contribution is 7.88. The predicted octanol–water partition coefficient (Wildman–Crippen LogP) is 3.79. The lowest BCUT2D eigenvalue weighted by Gasteiger charge is -2.39. The highest BCUT2D eigenvalue weighted by Crippen LogP contribution is 2.46. The van der Waals surface area contributed by atoms with Crippen LogP contribution in [0.3, 0.4) is 0 Å². The molecule has 0 spiro atoms. The molecular formula is C22H21F3N2O4S. The normalized spacial score (nSPS) is 17.8. The van der Waals surface area contributed by atoms with E-state index in [9.17, 15) is 26.4 Å². The third-order valence-electron chi connectivity index (χ3n) is 5.54. The standard InChI is InChI=1S/C22H21F3N2O4S/c1-21(2)17(11-26-32(3,29)30)19(27-12-13-6-4-5-7-15(13)20(27)28)16-10-14(22(23,24)25)8-9-18(16)31-21/h4-10,26H,11-12H2,1-3H3. The van der Waals surface area contributed by atoms with Crippen LogP contribution in [0.1, 0.15) is 40.9 Å². The van der Waals surface area contributed by atoms with Crippen LogP contribution in [0.15, 0.2) is 48.0 Å². The molecule has 1 amide bonds. The van der Waals surface area contributed by atoms with Crippen molar-refractivity contribution in [3.63, 3.8) is 0 Å². The van der Waals surface area contributed by atoms with Gasteiger partial charge in [-0.3, -0.25) is 4.79 Å². The summed E-state index contributed by atoms with van der Waals surface area (Å²) in [6.45, 7) is 3.29. The number of sulfonamides is 1. The minimum absolute atomic E-state index is 0.0885. The summed E-state index contributed by atoms with van der Waals surface area (Å²) in [5.74, 6) is -0.182. The van der Waals surface area contributed by atoms with Crippen molar-refractivity contribution < 1.29 is 31.1 Å². The van der Waals surface area contributed by atoms with Crippen molar-refractivity contribution in [2.45, 2.75) is 32.2 Å². The zero-order valence-corrected chi connectivity index (χ0v) is 18.4. The third-order valence-corrected chi connectivity index (χ3v) is 6.21. The molecule has 4 rings (SSSR count). The maximum atomic E-state index is 13.5. The second-order valence-electron chi connectivity index (χ2n) is 8.29. The van der Waals surface area contributed by atoms with E-state index < -0.39 is 27.4 Å². The van der Waals surface area contributed by atoms with Crippen LogP contribution < -0.4 is 9.46 Å². The highest BCUT2D eigenvalue weighted by Gasteiger charge is 2.42. The number of hydrogen-bond donors (Lipinski definition) is 1. The Morgan fingerprint density at radius 3 is 2.44 bits per heavy atom. The number of hydrogen-bond acceptors (Lipinski definition) is 4. The van der Waals surface area contributed by atoms with E-state index >= 15 is 0 Å². The Balaban J connectivity index is 1.95. The Morgan fingerprint density at radius 1 is 1.12 bits per heavy atom. The molecule has 0 saturated heterocycles. The molecule has 0 fully saturated rings. The molecule has 0 radical (unpaired) electrons. The third kappa shape index (κ3) is 4.00. The molecule has 32 heavy (non-hydrogen) atoms. The highest BCUT2D eigenvalue weighted by atomic mass is 32.2. The molecule has 1 N–H and O–H groups in total. The zero-order valence-electron chi connectivity index (χ0n) is 17.6. The molecular weight excluding hydrogens is 445 g/mol. The van der Waals surface area contributed by atoms with E-state index in [0.717, 1.165) is 24.0 Å². The first-order chi connectivity index (χ1) is 14.8. The molecule has 2 aromatic carbocycles. The Morgan fingerprint density at radius 2 is 1.81 bits per heavy atom. The molecule has 2 aliphatic heterocycles. The van der Waals surface area contributed by atoms with Crippen LogP contribution in [-0.4, -0.2) is 37.6 Å². The minimum Gasteiger partial charge on any atom is -0.483 e. The van der Waals surface area contributed by atoms with Gasteiger partial charge in [-0.1, -0.05) is 18.2 Å². The van der Waals surface area contributed by atoms with Gasteiger partial charge in [0, 0.05) is 23.2 Å². The molecule has 2 aromatic rings. The molecule has 6 nitrogen and oxygen atoms in total. The van der Waals surface area contributed by atoms with Gasteiger partial charge in [0.05, 0.1) is 24.1 Å². The lowest BCUT2D eigenvalue weighted by molar-refractivity contribution is -0.137. The fourth-order valence-corrected chi connectivity index (χ4v) is 4.41. The number of halogens is 3. The average Bonchev–Trinajstić information content (AvgIpc) is 3.00. The number of alkyl halides is 3. The van der Waals surface area contributed by atoms with Gasteiger partial charge in [-0.15, -0.1) is 0 Å². The first kappa shape index (κ1) is 22.3. The number of amides is 1. The predicted molar refractivity (Wildman–Crippen MR) is 112 cm³/mol. The summed E-state index contributed by atoms with van der Waals surface area (Å²) >= 11 is 0. The number of fused-ring (bicyclic) bond motifs is 2. The number of carbonyl (C=O) groups is 1. The monoisotopic (exact) mass is 466 g/mol. The van der Waals surface area contributed by atoms with Crippen molar-refractivity contribution in [1.29, 1.82) is 0 Å². The van der Waals surface area contributed by atoms with Gasteiger partial charge < -0.3 is 9.64 Å². The second-order valence-corrected chi connectivity index (χ2v) is 10.1. The van der Waals surface area contributed by atoms with Gasteiger partial charge in [0.1, 0.15) is 11.4 Å². The Bertz CT molecular complexity index is 1250. The lowest BCUT2D eigenvalue weighted by atomic mass is 9.88. The molecule has 0 unspecified atom stereocenters. The van der Waals surface area contributed by atoms with Crippen molar-refractivity contribution in [3.8, 4) is 5.75 Å². The van der Waals surface area contributed by atoms with E-state index in [4.69, 9.17) is 4.74 Å². The first-order valence-electron chi connectivity index (χ1n) is 9.76. The van der Waals surface area contributed by atoms with Crippen molar-refractivity contribution in [1.82, 2.24) is 9.62 Å². The maximum absolute atomic E-state index is 13.5. The molecule has 170 valence electrons. The molecule has 0 atom stereocenters. The first-order valence-corrected chi connectivity index (χ1v) is 11.7. The van der Waals surface area contributed by atoms with Crippen LogP contribution in [0.25, 0.3) is 5.70 Å². The number of nitrogens with one attached hydrogen (secondary N) is 1. The minimum atomic E-state index is -4.60. The average molecular weight is 466 g/mol. The van der Waals surface area contributed by atoms with E-state index in [2.05, 4.69) is 4.72 Å². The second kappa shape index (κ2) is 7.35. The summed E-state index contributed by atoms with van der Waals surface area (Å²) in [5.41, 5.74) is -0.126. The molecule has 2 aliphatic rings. The topological polar surface area (TPSA) is 75.7 Å². The fraction of sp³-hybridized carbons (Fsp3) is 0.318. The number of rotatable bonds is 4. The van der Waals surface area contributed by atoms with Gasteiger partial charge in [-0.2, -0.15) is 13.2 Å². The molecule has 0 bridgehead atoms. The van der Waals surface area contributed by atoms with Gasteiger partial charge in [0.2, 0.25) is 10.0 Å². The van der Waals surface area contributed by atoms with Gasteiger partial charge in [0.15, 0.2) is 0 Å². The van der Waals surface area contributed by atoms with Crippen LogP contribution in [0, 0.1) is 0 Å². The summed E-state index contributed by atoms with van der Waals surface area (Å²) in [4.78, 5) is 14.6. The van der Waals surface area contributed by atoms with E-state index in [0.29, 0.717) is 11.1 Å². The summed E-state index contributed by atoms with van der Waals surface area (Å²) < 4.78 is 72.4. The Hall–Kier alpha value is -2.85. The van der Waals surface area contributed by atoms with Gasteiger partial charge >= 0.3 is 6.18 Å². The van der Waals surface area contributed by atoms with E-state index in [1.165, 1.54) is 11.0 Å². The van der Waals surface area contributed by atoms with Crippen LogP contribution in [0.4, 0.5) is 13.2 Å². The van der Waals surface area contributed by atoms with Gasteiger partial charge in [-0.05, 0) is 43.7 Å². The Labute approximate surface area is 183 Å². The van der Waals surface area contributed by atoms with Gasteiger partial charge in [0.25, 0.3) is 5.91 Å². The molecule has 2 heterocycles. The van der Waals surface area contributed by atoms with Crippen LogP contribution in [0.5, 0.6) is 5.75 Å². The van der Waals surface area contributed by atoms with Crippen molar-refractivity contribution in [2.75, 3.05) is 12.8 Å². The van der Waals surface area contributed by atoms with E-state index in [-0.39, 0.29) is 36.0 Å². The summed E-state index contributed by atoms with van der Waals surface area (Å²) in [6.07, 6.45) is -3.62. The summed E-state index contributed by atoms with van der Waals surface area (Å²) in [7, 11) is -3.62. The smallest absolute Gasteiger partial charge is 0.416 e. The largest absolute Gasteiger partial charge is 0.483 e. The van der Waals surface area contributed by atoms with Crippen LogP contribution in [-0.2, 0) is 22.7 Å². The number of ether oxygens (including phenoxy) is 1. The van der Waals surface area contributed by atoms with Crippen molar-refractivity contribution in [2.24, 2.45) is 0 Å². The van der Waals surface area contributed by atoms with Gasteiger partial charge in [-0.25, -0.2) is 13.1 Å². The number of nitrogens with zero attached hydrogens (tertiary/aromatic N) is 1. The van der Waals surface area contributed by atoms with Crippen LogP contribution in [0.2, 0.25) is 0 Å². The zero-order chi connectivity index (χ0) is 23.5. The lowest BCUT2D eigenvalue weighted by Crippen LogP contribution is -2.43. The van der Waals surface area contributed by atoms with E-state index in [1.54, 1.807) is 38.1 Å². The van der Waals surface area contributed by atoms with Crippen molar-refractivity contribution in [3.05, 3.63) is 70.3 Å².